The highest BCUT2D eigenvalue weighted by atomic mass is 35.5. The third-order valence-electron chi connectivity index (χ3n) is 3.11. The highest BCUT2D eigenvalue weighted by Gasteiger charge is 2.11. The van der Waals surface area contributed by atoms with Gasteiger partial charge in [-0.15, -0.1) is 0 Å². The Kier molecular flexibility index (Phi) is 4.25. The van der Waals surface area contributed by atoms with E-state index in [-0.39, 0.29) is 16.1 Å². The Bertz CT molecular complexity index is 690. The first-order chi connectivity index (χ1) is 9.56. The van der Waals surface area contributed by atoms with Gasteiger partial charge in [-0.05, 0) is 30.7 Å². The Morgan fingerprint density at radius 2 is 1.95 bits per heavy atom. The van der Waals surface area contributed by atoms with Crippen LogP contribution in [0.15, 0.2) is 35.1 Å². The van der Waals surface area contributed by atoms with Gasteiger partial charge < -0.3 is 9.30 Å². The van der Waals surface area contributed by atoms with Crippen LogP contribution in [0.5, 0.6) is 5.75 Å². The Hall–Kier alpha value is -2.07. The van der Waals surface area contributed by atoms with Gasteiger partial charge in [0.05, 0.1) is 24.2 Å². The molecule has 0 aliphatic rings. The van der Waals surface area contributed by atoms with Gasteiger partial charge in [0.25, 0.3) is 5.56 Å². The maximum Gasteiger partial charge on any atom is 0.263 e. The van der Waals surface area contributed by atoms with Crippen molar-refractivity contribution < 1.29 is 9.53 Å². The Balaban J connectivity index is 2.42. The number of aryl methyl sites for hydroxylation is 1. The Morgan fingerprint density at radius 3 is 2.50 bits per heavy atom. The third kappa shape index (κ3) is 2.75. The second kappa shape index (κ2) is 5.92. The fourth-order valence-electron chi connectivity index (χ4n) is 1.96. The largest absolute Gasteiger partial charge is 0.497 e. The summed E-state index contributed by atoms with van der Waals surface area (Å²) in [4.78, 5) is 23.1. The minimum atomic E-state index is -0.374. The molecule has 4 nitrogen and oxygen atoms in total. The van der Waals surface area contributed by atoms with E-state index in [0.29, 0.717) is 18.5 Å². The second-order valence-electron chi connectivity index (χ2n) is 4.40. The lowest BCUT2D eigenvalue weighted by molar-refractivity contribution is 0.112. The smallest absolute Gasteiger partial charge is 0.263 e. The van der Waals surface area contributed by atoms with Crippen LogP contribution in [0.1, 0.15) is 21.6 Å². The molecule has 0 fully saturated rings. The van der Waals surface area contributed by atoms with Crippen molar-refractivity contribution in [3.8, 4) is 5.75 Å². The molecule has 0 aliphatic heterocycles. The summed E-state index contributed by atoms with van der Waals surface area (Å²) in [5.41, 5.74) is 1.27. The van der Waals surface area contributed by atoms with Crippen molar-refractivity contribution in [2.75, 3.05) is 7.11 Å². The number of aldehydes is 1. The van der Waals surface area contributed by atoms with Gasteiger partial charge in [0.2, 0.25) is 0 Å². The van der Waals surface area contributed by atoms with E-state index in [1.165, 1.54) is 4.57 Å². The molecule has 0 unspecified atom stereocenters. The molecule has 1 aromatic heterocycles. The number of ether oxygens (including phenoxy) is 1. The summed E-state index contributed by atoms with van der Waals surface area (Å²) in [5.74, 6) is 0.752. The number of carbonyl (C=O) groups excluding carboxylic acids is 1. The molecular weight excluding hydrogens is 278 g/mol. The van der Waals surface area contributed by atoms with Crippen LogP contribution >= 0.6 is 11.6 Å². The van der Waals surface area contributed by atoms with Gasteiger partial charge >= 0.3 is 0 Å². The van der Waals surface area contributed by atoms with E-state index >= 15 is 0 Å². The molecule has 0 radical (unpaired) electrons. The minimum Gasteiger partial charge on any atom is -0.497 e. The van der Waals surface area contributed by atoms with E-state index in [0.717, 1.165) is 11.3 Å². The molecule has 0 aliphatic carbocycles. The maximum atomic E-state index is 12.2. The number of halogens is 1. The average Bonchev–Trinajstić information content (AvgIpc) is 2.44. The van der Waals surface area contributed by atoms with E-state index in [1.54, 1.807) is 20.1 Å². The van der Waals surface area contributed by atoms with Gasteiger partial charge in [0, 0.05) is 5.69 Å². The van der Waals surface area contributed by atoms with E-state index < -0.39 is 0 Å². The van der Waals surface area contributed by atoms with E-state index in [2.05, 4.69) is 0 Å². The van der Waals surface area contributed by atoms with Gasteiger partial charge in [0.15, 0.2) is 6.29 Å². The summed E-state index contributed by atoms with van der Waals surface area (Å²) in [7, 11) is 1.60. The molecule has 1 aromatic carbocycles. The monoisotopic (exact) mass is 291 g/mol. The van der Waals surface area contributed by atoms with Gasteiger partial charge in [-0.25, -0.2) is 0 Å². The number of aromatic nitrogens is 1. The van der Waals surface area contributed by atoms with Crippen LogP contribution in [-0.2, 0) is 6.54 Å². The lowest BCUT2D eigenvalue weighted by Gasteiger charge is -2.12. The van der Waals surface area contributed by atoms with Crippen LogP contribution < -0.4 is 10.3 Å². The van der Waals surface area contributed by atoms with Gasteiger partial charge in [-0.1, -0.05) is 23.7 Å². The van der Waals surface area contributed by atoms with Crippen molar-refractivity contribution >= 4 is 17.9 Å². The van der Waals surface area contributed by atoms with Gasteiger partial charge in [0.1, 0.15) is 5.75 Å². The highest BCUT2D eigenvalue weighted by Crippen LogP contribution is 2.15. The fraction of sp³-hybridized carbons (Fsp3) is 0.200. The van der Waals surface area contributed by atoms with Crippen molar-refractivity contribution in [2.45, 2.75) is 13.5 Å². The highest BCUT2D eigenvalue weighted by molar-refractivity contribution is 6.32. The molecule has 0 N–H and O–H groups in total. The Labute approximate surface area is 121 Å². The summed E-state index contributed by atoms with van der Waals surface area (Å²) in [5, 5.41) is 0.188. The first-order valence-corrected chi connectivity index (χ1v) is 6.42. The molecule has 2 aromatic rings. The van der Waals surface area contributed by atoms with Crippen LogP contribution in [0.3, 0.4) is 0 Å². The molecule has 5 heteroatoms. The first kappa shape index (κ1) is 14.3. The number of nitrogens with zero attached hydrogens (tertiary/aromatic N) is 1. The molecular formula is C15H14ClNO3. The lowest BCUT2D eigenvalue weighted by Crippen LogP contribution is -2.26. The predicted molar refractivity (Wildman–Crippen MR) is 77.9 cm³/mol. The summed E-state index contributed by atoms with van der Waals surface area (Å²) < 4.78 is 6.61. The fourth-order valence-corrected chi connectivity index (χ4v) is 2.25. The minimum absolute atomic E-state index is 0.00854. The van der Waals surface area contributed by atoms with Crippen LogP contribution in [0.2, 0.25) is 5.02 Å². The maximum absolute atomic E-state index is 12.2. The van der Waals surface area contributed by atoms with Crippen LogP contribution in [0.25, 0.3) is 0 Å². The van der Waals surface area contributed by atoms with Crippen LogP contribution in [0, 0.1) is 6.92 Å². The summed E-state index contributed by atoms with van der Waals surface area (Å²) in [6, 6.07) is 9.02. The SMILES string of the molecule is COc1ccc(Cn2c(C)cc(Cl)c(C=O)c2=O)cc1. The van der Waals surface area contributed by atoms with Gasteiger partial charge in [-0.3, -0.25) is 9.59 Å². The molecule has 0 amide bonds. The zero-order valence-corrected chi connectivity index (χ0v) is 12.0. The zero-order valence-electron chi connectivity index (χ0n) is 11.2. The quantitative estimate of drug-likeness (QED) is 0.814. The number of carbonyl (C=O) groups is 1. The molecule has 1 heterocycles. The Morgan fingerprint density at radius 1 is 1.30 bits per heavy atom. The van der Waals surface area contributed by atoms with E-state index in [4.69, 9.17) is 16.3 Å². The van der Waals surface area contributed by atoms with E-state index in [1.807, 2.05) is 24.3 Å². The van der Waals surface area contributed by atoms with Gasteiger partial charge in [-0.2, -0.15) is 0 Å². The standard InChI is InChI=1S/C15H14ClNO3/c1-10-7-14(16)13(9-18)15(19)17(10)8-11-3-5-12(20-2)6-4-11/h3-7,9H,8H2,1-2H3. The molecule has 104 valence electrons. The van der Waals surface area contributed by atoms with Crippen LogP contribution in [-0.4, -0.2) is 18.0 Å². The number of benzene rings is 1. The molecule has 0 atom stereocenters. The normalized spacial score (nSPS) is 10.3. The molecule has 20 heavy (non-hydrogen) atoms. The third-order valence-corrected chi connectivity index (χ3v) is 3.42. The number of pyridine rings is 1. The second-order valence-corrected chi connectivity index (χ2v) is 4.81. The molecule has 0 saturated heterocycles. The molecule has 0 bridgehead atoms. The number of rotatable bonds is 4. The van der Waals surface area contributed by atoms with Crippen molar-refractivity contribution in [2.24, 2.45) is 0 Å². The predicted octanol–water partition coefficient (Wildman–Crippen LogP) is 2.68. The number of methoxy groups -OCH3 is 1. The topological polar surface area (TPSA) is 48.3 Å². The van der Waals surface area contributed by atoms with E-state index in [9.17, 15) is 9.59 Å². The first-order valence-electron chi connectivity index (χ1n) is 6.05. The molecule has 2 rings (SSSR count). The zero-order chi connectivity index (χ0) is 14.7. The van der Waals surface area contributed by atoms with Crippen molar-refractivity contribution in [1.29, 1.82) is 0 Å². The number of hydrogen-bond donors (Lipinski definition) is 0. The summed E-state index contributed by atoms with van der Waals surface area (Å²) in [6.45, 7) is 2.16. The van der Waals surface area contributed by atoms with Crippen molar-refractivity contribution in [3.05, 3.63) is 62.5 Å². The molecule has 0 saturated carbocycles. The number of hydrogen-bond acceptors (Lipinski definition) is 3. The van der Waals surface area contributed by atoms with Crippen molar-refractivity contribution in [3.63, 3.8) is 0 Å². The average molecular weight is 292 g/mol. The summed E-state index contributed by atoms with van der Waals surface area (Å²) in [6.07, 6.45) is 0.495. The van der Waals surface area contributed by atoms with Crippen LogP contribution in [0.4, 0.5) is 0 Å². The summed E-state index contributed by atoms with van der Waals surface area (Å²) >= 11 is 5.89. The lowest BCUT2D eigenvalue weighted by atomic mass is 10.2. The van der Waals surface area contributed by atoms with Crippen molar-refractivity contribution in [1.82, 2.24) is 4.57 Å². The molecule has 0 spiro atoms.